The molecule has 0 bridgehead atoms. The highest BCUT2D eigenvalue weighted by atomic mass is 16.3. The van der Waals surface area contributed by atoms with Gasteiger partial charge in [-0.2, -0.15) is 9.97 Å². The number of nitrogens with zero attached hydrogens (tertiary/aromatic N) is 5. The Hall–Kier alpha value is -8.61. The summed E-state index contributed by atoms with van der Waals surface area (Å²) < 4.78 is 11.4. The quantitative estimate of drug-likeness (QED) is 0.168. The normalized spacial score (nSPS) is 11.8. The third-order valence-corrected chi connectivity index (χ3v) is 12.4. The van der Waals surface area contributed by atoms with E-state index < -0.39 is 0 Å². The highest BCUT2D eigenvalue weighted by Gasteiger charge is 2.24. The number of furan rings is 1. The third-order valence-electron chi connectivity index (χ3n) is 12.4. The highest BCUT2D eigenvalue weighted by molar-refractivity contribution is 6.26. The molecule has 0 unspecified atom stereocenters. The molecule has 0 radical (unpaired) electrons. The second-order valence-electron chi connectivity index (χ2n) is 16.0. The van der Waals surface area contributed by atoms with Crippen LogP contribution in [0.2, 0.25) is 0 Å². The smallest absolute Gasteiger partial charge is 0.238 e. The summed E-state index contributed by atoms with van der Waals surface area (Å²) in [5, 5.41) is 6.54. The average molecular weight is 806 g/mol. The number of benzene rings is 9. The van der Waals surface area contributed by atoms with E-state index in [0.717, 1.165) is 93.7 Å². The lowest BCUT2D eigenvalue weighted by molar-refractivity contribution is 0.669. The first-order valence-electron chi connectivity index (χ1n) is 21.2. The molecule has 0 spiro atoms. The van der Waals surface area contributed by atoms with Gasteiger partial charge >= 0.3 is 0 Å². The van der Waals surface area contributed by atoms with Gasteiger partial charge in [0.25, 0.3) is 0 Å². The summed E-state index contributed by atoms with van der Waals surface area (Å²) in [7, 11) is 0. The van der Waals surface area contributed by atoms with E-state index in [-0.39, 0.29) is 0 Å². The summed E-state index contributed by atoms with van der Waals surface area (Å²) in [5.74, 6) is 1.68. The molecule has 0 aliphatic heterocycles. The predicted octanol–water partition coefficient (Wildman–Crippen LogP) is 14.6. The van der Waals surface area contributed by atoms with E-state index in [2.05, 4.69) is 203 Å². The predicted molar refractivity (Wildman–Crippen MR) is 258 cm³/mol. The summed E-state index contributed by atoms with van der Waals surface area (Å²) in [6.45, 7) is 0. The van der Waals surface area contributed by atoms with Gasteiger partial charge in [0, 0.05) is 43.7 Å². The molecule has 0 atom stereocenters. The molecule has 13 aromatic rings. The van der Waals surface area contributed by atoms with Crippen LogP contribution in [0.3, 0.4) is 0 Å². The van der Waals surface area contributed by atoms with Crippen LogP contribution in [0.4, 0.5) is 0 Å². The molecule has 13 rings (SSSR count). The van der Waals surface area contributed by atoms with Gasteiger partial charge in [-0.15, -0.1) is 0 Å². The lowest BCUT2D eigenvalue weighted by atomic mass is 10.0. The van der Waals surface area contributed by atoms with Crippen LogP contribution in [0.5, 0.6) is 0 Å². The molecule has 0 N–H and O–H groups in total. The van der Waals surface area contributed by atoms with Gasteiger partial charge in [-0.3, -0.25) is 4.57 Å². The Balaban J connectivity index is 1.10. The first-order chi connectivity index (χ1) is 31.2. The van der Waals surface area contributed by atoms with Crippen molar-refractivity contribution in [3.8, 4) is 56.7 Å². The zero-order chi connectivity index (χ0) is 41.4. The van der Waals surface area contributed by atoms with Gasteiger partial charge in [0.1, 0.15) is 11.2 Å². The second kappa shape index (κ2) is 14.0. The number of para-hydroxylation sites is 3. The lowest BCUT2D eigenvalue weighted by Gasteiger charge is -2.13. The van der Waals surface area contributed by atoms with E-state index in [0.29, 0.717) is 17.6 Å². The molecule has 0 saturated carbocycles. The number of aromatic nitrogens is 5. The van der Waals surface area contributed by atoms with Crippen LogP contribution in [0, 0.1) is 0 Å². The van der Waals surface area contributed by atoms with E-state index in [9.17, 15) is 0 Å². The van der Waals surface area contributed by atoms with Gasteiger partial charge in [0.05, 0.1) is 27.5 Å². The summed E-state index contributed by atoms with van der Waals surface area (Å²) in [4.78, 5) is 16.0. The van der Waals surface area contributed by atoms with Gasteiger partial charge in [-0.1, -0.05) is 164 Å². The molecular formula is C57H35N5O. The highest BCUT2D eigenvalue weighted by Crippen LogP contribution is 2.44. The maximum absolute atomic E-state index is 6.80. The number of hydrogen-bond acceptors (Lipinski definition) is 4. The van der Waals surface area contributed by atoms with Crippen molar-refractivity contribution in [2.24, 2.45) is 0 Å². The molecule has 0 amide bonds. The van der Waals surface area contributed by atoms with Crippen molar-refractivity contribution in [3.63, 3.8) is 0 Å². The van der Waals surface area contributed by atoms with E-state index in [4.69, 9.17) is 19.4 Å². The molecule has 4 heterocycles. The molecule has 0 saturated heterocycles. The van der Waals surface area contributed by atoms with Gasteiger partial charge in [0.15, 0.2) is 11.6 Å². The Labute approximate surface area is 361 Å². The average Bonchev–Trinajstić information content (AvgIpc) is 4.02. The van der Waals surface area contributed by atoms with Crippen molar-refractivity contribution in [1.29, 1.82) is 0 Å². The molecule has 0 aliphatic rings. The van der Waals surface area contributed by atoms with Crippen molar-refractivity contribution in [1.82, 2.24) is 24.1 Å². The Morgan fingerprint density at radius 3 is 1.56 bits per heavy atom. The molecule has 294 valence electrons. The third kappa shape index (κ3) is 5.55. The van der Waals surface area contributed by atoms with Gasteiger partial charge in [-0.05, 0) is 70.8 Å². The minimum absolute atomic E-state index is 0.543. The first kappa shape index (κ1) is 35.2. The molecule has 9 aromatic carbocycles. The Morgan fingerprint density at radius 2 is 0.857 bits per heavy atom. The van der Waals surface area contributed by atoms with Crippen molar-refractivity contribution in [2.75, 3.05) is 0 Å². The van der Waals surface area contributed by atoms with Gasteiger partial charge in [0.2, 0.25) is 5.95 Å². The minimum atomic E-state index is 0.543. The summed E-state index contributed by atoms with van der Waals surface area (Å²) >= 11 is 0. The van der Waals surface area contributed by atoms with Crippen LogP contribution < -0.4 is 0 Å². The van der Waals surface area contributed by atoms with Gasteiger partial charge < -0.3 is 8.98 Å². The Kier molecular flexibility index (Phi) is 7.80. The summed E-state index contributed by atoms with van der Waals surface area (Å²) in [6.07, 6.45) is 0. The van der Waals surface area contributed by atoms with Crippen molar-refractivity contribution in [3.05, 3.63) is 212 Å². The molecular weight excluding hydrogens is 771 g/mol. The molecule has 0 fully saturated rings. The molecule has 6 heteroatoms. The fraction of sp³-hybridized carbons (Fsp3) is 0. The molecule has 6 nitrogen and oxygen atoms in total. The van der Waals surface area contributed by atoms with E-state index in [1.807, 2.05) is 18.2 Å². The molecule has 0 aliphatic carbocycles. The van der Waals surface area contributed by atoms with Crippen molar-refractivity contribution in [2.45, 2.75) is 0 Å². The zero-order valence-corrected chi connectivity index (χ0v) is 33.9. The minimum Gasteiger partial charge on any atom is -0.456 e. The Morgan fingerprint density at radius 1 is 0.333 bits per heavy atom. The van der Waals surface area contributed by atoms with E-state index >= 15 is 0 Å². The van der Waals surface area contributed by atoms with E-state index in [1.54, 1.807) is 0 Å². The van der Waals surface area contributed by atoms with Crippen LogP contribution in [-0.4, -0.2) is 24.1 Å². The standard InChI is InChI=1S/C57H35N5O/c1-3-15-36(16-4-1)38-29-31-39(32-30-38)55-58-56(60-57(59-55)62-48-26-11-7-21-42(48)43-22-8-12-27-49(43)62)46-24-14-28-50-52(46)53-51(63-50)34-33-45-44-23-9-10-25-47(44)61(54(45)53)41-20-13-19-40(35-41)37-17-5-2-6-18-37/h1-35H. The first-order valence-corrected chi connectivity index (χ1v) is 21.2. The summed E-state index contributed by atoms with van der Waals surface area (Å²) in [6, 6.07) is 74.3. The fourth-order valence-electron chi connectivity index (χ4n) is 9.56. The van der Waals surface area contributed by atoms with Crippen molar-refractivity contribution < 1.29 is 4.42 Å². The monoisotopic (exact) mass is 805 g/mol. The van der Waals surface area contributed by atoms with E-state index in [1.165, 1.54) is 10.9 Å². The van der Waals surface area contributed by atoms with Crippen LogP contribution in [0.15, 0.2) is 217 Å². The van der Waals surface area contributed by atoms with Crippen LogP contribution >= 0.6 is 0 Å². The molecule has 63 heavy (non-hydrogen) atoms. The molecule has 4 aromatic heterocycles. The topological polar surface area (TPSA) is 61.7 Å². The van der Waals surface area contributed by atoms with Crippen LogP contribution in [0.1, 0.15) is 0 Å². The van der Waals surface area contributed by atoms with Crippen molar-refractivity contribution >= 4 is 65.6 Å². The lowest BCUT2D eigenvalue weighted by Crippen LogP contribution is -2.06. The second-order valence-corrected chi connectivity index (χ2v) is 16.0. The zero-order valence-electron chi connectivity index (χ0n) is 33.9. The SMILES string of the molecule is c1ccc(-c2ccc(-c3nc(-c4cccc5oc6ccc7c8ccccc8n(-c8cccc(-c9ccccc9)c8)c7c6c45)nc(-n4c5ccccc5c5ccccc54)n3)cc2)cc1. The van der Waals surface area contributed by atoms with Gasteiger partial charge in [-0.25, -0.2) is 4.98 Å². The Bertz CT molecular complexity index is 3850. The number of hydrogen-bond donors (Lipinski definition) is 0. The maximum Gasteiger partial charge on any atom is 0.238 e. The van der Waals surface area contributed by atoms with Crippen LogP contribution in [-0.2, 0) is 0 Å². The fourth-order valence-corrected chi connectivity index (χ4v) is 9.56. The maximum atomic E-state index is 6.80. The largest absolute Gasteiger partial charge is 0.456 e. The van der Waals surface area contributed by atoms with Crippen LogP contribution in [0.25, 0.3) is 122 Å². The number of rotatable bonds is 6. The number of fused-ring (bicyclic) bond motifs is 10. The summed E-state index contributed by atoms with van der Waals surface area (Å²) in [5.41, 5.74) is 13.2.